The van der Waals surface area contributed by atoms with Gasteiger partial charge in [-0.3, -0.25) is 24.4 Å². The lowest BCUT2D eigenvalue weighted by Crippen LogP contribution is -2.61. The number of likely N-dealkylation sites (tertiary alicyclic amines) is 1. The van der Waals surface area contributed by atoms with E-state index < -0.39 is 24.0 Å². The summed E-state index contributed by atoms with van der Waals surface area (Å²) >= 11 is 0. The maximum atomic E-state index is 14.0. The van der Waals surface area contributed by atoms with Gasteiger partial charge in [0.2, 0.25) is 11.8 Å². The molecule has 3 saturated heterocycles. The van der Waals surface area contributed by atoms with E-state index in [9.17, 15) is 19.2 Å². The third kappa shape index (κ3) is 7.20. The molecular weight excluding hydrogens is 711 g/mol. The number of benzene rings is 3. The molecule has 5 atom stereocenters. The Balaban J connectivity index is 0.885. The van der Waals surface area contributed by atoms with Crippen molar-refractivity contribution in [1.29, 1.82) is 0 Å². The van der Waals surface area contributed by atoms with E-state index in [-0.39, 0.29) is 35.9 Å². The molecule has 5 aliphatic heterocycles. The highest BCUT2D eigenvalue weighted by atomic mass is 16.5. The van der Waals surface area contributed by atoms with Crippen molar-refractivity contribution in [3.05, 3.63) is 95.7 Å². The highest BCUT2D eigenvalue weighted by Crippen LogP contribution is 2.44. The van der Waals surface area contributed by atoms with Crippen LogP contribution in [0.4, 0.5) is 10.5 Å². The molecule has 56 heavy (non-hydrogen) atoms. The highest BCUT2D eigenvalue weighted by molar-refractivity contribution is 6.04. The van der Waals surface area contributed by atoms with Crippen molar-refractivity contribution in [2.24, 2.45) is 9.98 Å². The van der Waals surface area contributed by atoms with Gasteiger partial charge in [0.25, 0.3) is 0 Å². The van der Waals surface area contributed by atoms with Gasteiger partial charge in [0.1, 0.15) is 17.5 Å². The Kier molecular flexibility index (Phi) is 10.2. The number of fused-ring (bicyclic) bond motifs is 2. The molecule has 3 aromatic carbocycles. The van der Waals surface area contributed by atoms with Crippen LogP contribution in [0.15, 0.2) is 89.0 Å². The first kappa shape index (κ1) is 37.2. The van der Waals surface area contributed by atoms with Crippen LogP contribution in [0.2, 0.25) is 0 Å². The van der Waals surface area contributed by atoms with Gasteiger partial charge in [0, 0.05) is 42.5 Å². The number of hydrogen-bond donors (Lipinski definition) is 1. The fourth-order valence-corrected chi connectivity index (χ4v) is 9.15. The minimum absolute atomic E-state index is 0.0103. The van der Waals surface area contributed by atoms with E-state index in [1.165, 1.54) is 14.2 Å². The number of aliphatic imine (C=N–C) groups is 2. The molecule has 5 heterocycles. The molecule has 1 unspecified atom stereocenters. The predicted molar refractivity (Wildman–Crippen MR) is 211 cm³/mol. The molecule has 3 amide bonds. The maximum absolute atomic E-state index is 14.0. The number of methoxy groups -OCH3 is 2. The smallest absolute Gasteiger partial charge is 0.407 e. The van der Waals surface area contributed by atoms with Crippen molar-refractivity contribution < 1.29 is 33.4 Å². The van der Waals surface area contributed by atoms with Gasteiger partial charge in [-0.25, -0.2) is 4.79 Å². The number of ether oxygens (including phenoxy) is 3. The fraction of sp³-hybridized carbons (Fsp3) is 0.409. The molecule has 12 heteroatoms. The molecule has 0 radical (unpaired) electrons. The zero-order valence-corrected chi connectivity index (χ0v) is 32.0. The number of nitrogens with zero attached hydrogens (tertiary/aromatic N) is 4. The monoisotopic (exact) mass is 757 g/mol. The molecule has 0 saturated carbocycles. The number of nitrogens with one attached hydrogen (secondary N) is 1. The zero-order valence-electron chi connectivity index (χ0n) is 32.0. The number of allylic oxidation sites excluding steroid dienone is 1. The van der Waals surface area contributed by atoms with Gasteiger partial charge in [0.15, 0.2) is 0 Å². The summed E-state index contributed by atoms with van der Waals surface area (Å²) in [6, 6.07) is 22.5. The first-order chi connectivity index (χ1) is 27.1. The van der Waals surface area contributed by atoms with Crippen molar-refractivity contribution in [1.82, 2.24) is 15.1 Å². The van der Waals surface area contributed by atoms with E-state index >= 15 is 0 Å². The van der Waals surface area contributed by atoms with Crippen LogP contribution in [-0.4, -0.2) is 89.5 Å². The first-order valence-electron chi connectivity index (χ1n) is 19.5. The van der Waals surface area contributed by atoms with Crippen LogP contribution < -0.4 is 10.1 Å². The van der Waals surface area contributed by atoms with E-state index in [0.717, 1.165) is 71.5 Å². The normalized spacial score (nSPS) is 24.4. The second-order valence-electron chi connectivity index (χ2n) is 15.6. The Morgan fingerprint density at radius 3 is 2.43 bits per heavy atom. The van der Waals surface area contributed by atoms with Crippen LogP contribution in [0.5, 0.6) is 11.5 Å². The second-order valence-corrected chi connectivity index (χ2v) is 15.6. The Morgan fingerprint density at radius 1 is 0.893 bits per heavy atom. The fourth-order valence-electron chi connectivity index (χ4n) is 9.15. The van der Waals surface area contributed by atoms with Crippen molar-refractivity contribution >= 4 is 46.6 Å². The SMILES string of the molecule is COC(=O)C[C@@H](C(=O)N1CCCC1C1=Nc2ccc(Oc3ccc(C4=CN=C([C@@H]5CC[C@]6(C)CC[C@H](NC(=O)OC)C(=O)N56)C4)cc3)cc2C1)c1ccccc1. The minimum Gasteiger partial charge on any atom is -0.469 e. The molecule has 0 aromatic heterocycles. The molecule has 0 spiro atoms. The highest BCUT2D eigenvalue weighted by Gasteiger charge is 2.52. The van der Waals surface area contributed by atoms with Crippen molar-refractivity contribution in [2.75, 3.05) is 20.8 Å². The van der Waals surface area contributed by atoms with Crippen LogP contribution in [0, 0.1) is 0 Å². The molecule has 0 bridgehead atoms. The van der Waals surface area contributed by atoms with Gasteiger partial charge in [-0.2, -0.15) is 0 Å². The number of carbonyl (C=O) groups excluding carboxylic acids is 4. The van der Waals surface area contributed by atoms with Crippen molar-refractivity contribution in [2.45, 2.75) is 94.3 Å². The summed E-state index contributed by atoms with van der Waals surface area (Å²) < 4.78 is 16.0. The molecule has 5 aliphatic rings. The maximum Gasteiger partial charge on any atom is 0.407 e. The number of esters is 1. The largest absolute Gasteiger partial charge is 0.469 e. The van der Waals surface area contributed by atoms with Gasteiger partial charge in [-0.1, -0.05) is 42.5 Å². The third-order valence-electron chi connectivity index (χ3n) is 12.1. The van der Waals surface area contributed by atoms with E-state index in [1.807, 2.05) is 88.8 Å². The summed E-state index contributed by atoms with van der Waals surface area (Å²) in [6.45, 7) is 2.76. The average Bonchev–Trinajstić information content (AvgIpc) is 4.04. The van der Waals surface area contributed by atoms with Crippen LogP contribution in [0.3, 0.4) is 0 Å². The summed E-state index contributed by atoms with van der Waals surface area (Å²) in [6.07, 6.45) is 7.41. The number of piperidine rings is 1. The average molecular weight is 758 g/mol. The summed E-state index contributed by atoms with van der Waals surface area (Å²) in [5.74, 6) is 0.231. The lowest BCUT2D eigenvalue weighted by Gasteiger charge is -2.45. The van der Waals surface area contributed by atoms with Crippen LogP contribution in [0.1, 0.15) is 80.9 Å². The minimum atomic E-state index is -0.616. The molecule has 3 fully saturated rings. The Bertz CT molecular complexity index is 2130. The summed E-state index contributed by atoms with van der Waals surface area (Å²) in [7, 11) is 2.65. The number of alkyl carbamates (subject to hydrolysis) is 1. The molecular formula is C44H47N5O7. The van der Waals surface area contributed by atoms with E-state index in [2.05, 4.69) is 12.2 Å². The lowest BCUT2D eigenvalue weighted by molar-refractivity contribution is -0.144. The van der Waals surface area contributed by atoms with E-state index in [4.69, 9.17) is 24.2 Å². The number of amides is 3. The first-order valence-corrected chi connectivity index (χ1v) is 19.5. The van der Waals surface area contributed by atoms with Crippen LogP contribution in [0.25, 0.3) is 5.57 Å². The van der Waals surface area contributed by atoms with E-state index in [1.54, 1.807) is 0 Å². The topological polar surface area (TPSA) is 139 Å². The van der Waals surface area contributed by atoms with Crippen molar-refractivity contribution in [3.63, 3.8) is 0 Å². The molecule has 1 N–H and O–H groups in total. The molecule has 3 aromatic rings. The number of hydrogen-bond acceptors (Lipinski definition) is 9. The Labute approximate surface area is 326 Å². The number of rotatable bonds is 10. The standard InChI is InChI=1S/C44H47N5O7/c1-44-19-17-35(47-43(53)55-3)42(52)49(44)39(18-20-44)36-24-30(26-45-36)27-11-13-31(14-12-27)56-32-15-16-34-29(22-32)23-37(46-34)38-10-7-21-48(38)41(51)33(25-40(50)54-2)28-8-5-4-6-9-28/h4-6,8-9,11-16,22,26,33,35,38-39H,7,10,17-21,23-25H2,1-3H3,(H,47,53)/t33-,35+,38?,39+,44+/m1/s1. The lowest BCUT2D eigenvalue weighted by atomic mass is 9.86. The van der Waals surface area contributed by atoms with Gasteiger partial charge in [-0.05, 0) is 98.0 Å². The molecule has 12 nitrogen and oxygen atoms in total. The van der Waals surface area contributed by atoms with Gasteiger partial charge < -0.3 is 29.3 Å². The third-order valence-corrected chi connectivity index (χ3v) is 12.1. The quantitative estimate of drug-likeness (QED) is 0.222. The van der Waals surface area contributed by atoms with Gasteiger partial charge >= 0.3 is 12.1 Å². The summed E-state index contributed by atoms with van der Waals surface area (Å²) in [5.41, 5.74) is 6.52. The Hall–Kier alpha value is -5.78. The summed E-state index contributed by atoms with van der Waals surface area (Å²) in [4.78, 5) is 65.5. The molecule has 8 rings (SSSR count). The zero-order chi connectivity index (χ0) is 39.0. The molecule has 0 aliphatic carbocycles. The predicted octanol–water partition coefficient (Wildman–Crippen LogP) is 6.90. The van der Waals surface area contributed by atoms with Gasteiger partial charge in [-0.15, -0.1) is 0 Å². The summed E-state index contributed by atoms with van der Waals surface area (Å²) in [5, 5.41) is 2.71. The van der Waals surface area contributed by atoms with Crippen molar-refractivity contribution in [3.8, 4) is 11.5 Å². The van der Waals surface area contributed by atoms with Crippen LogP contribution in [-0.2, 0) is 30.3 Å². The molecule has 290 valence electrons. The Morgan fingerprint density at radius 2 is 1.66 bits per heavy atom. The van der Waals surface area contributed by atoms with E-state index in [0.29, 0.717) is 37.3 Å². The number of carbonyl (C=O) groups is 4. The van der Waals surface area contributed by atoms with Gasteiger partial charge in [0.05, 0.1) is 44.3 Å². The van der Waals surface area contributed by atoms with Crippen LogP contribution >= 0.6 is 0 Å². The second kappa shape index (κ2) is 15.4.